The van der Waals surface area contributed by atoms with Crippen LogP contribution in [0.3, 0.4) is 0 Å². The summed E-state index contributed by atoms with van der Waals surface area (Å²) in [5.41, 5.74) is 0.418. The lowest BCUT2D eigenvalue weighted by atomic mass is 10.2. The van der Waals surface area contributed by atoms with Gasteiger partial charge >= 0.3 is 0 Å². The molecule has 2 heterocycles. The van der Waals surface area contributed by atoms with Crippen molar-refractivity contribution in [3.8, 4) is 0 Å². The van der Waals surface area contributed by atoms with Crippen molar-refractivity contribution in [2.75, 3.05) is 13.2 Å². The Kier molecular flexibility index (Phi) is 4.34. The van der Waals surface area contributed by atoms with Gasteiger partial charge in [0.25, 0.3) is 5.91 Å². The minimum absolute atomic E-state index is 0.180. The van der Waals surface area contributed by atoms with Crippen molar-refractivity contribution in [1.82, 2.24) is 10.3 Å². The van der Waals surface area contributed by atoms with E-state index in [1.165, 1.54) is 0 Å². The molecular weight excluding hydrogens is 240 g/mol. The molecule has 0 radical (unpaired) electrons. The number of halogens is 1. The van der Waals surface area contributed by atoms with Crippen molar-refractivity contribution >= 4 is 17.5 Å². The van der Waals surface area contributed by atoms with Gasteiger partial charge in [-0.25, -0.2) is 4.98 Å². The van der Waals surface area contributed by atoms with Crippen LogP contribution in [-0.2, 0) is 4.74 Å². The molecule has 0 aromatic carbocycles. The van der Waals surface area contributed by atoms with Crippen LogP contribution < -0.4 is 5.32 Å². The number of ether oxygens (including phenoxy) is 1. The Morgan fingerprint density at radius 1 is 1.65 bits per heavy atom. The molecule has 1 aromatic rings. The van der Waals surface area contributed by atoms with E-state index in [0.29, 0.717) is 18.2 Å². The molecule has 1 unspecified atom stereocenters. The Bertz CT molecular complexity index is 392. The van der Waals surface area contributed by atoms with Crippen molar-refractivity contribution in [1.29, 1.82) is 0 Å². The largest absolute Gasteiger partial charge is 0.378 e. The maximum Gasteiger partial charge on any atom is 0.254 e. The van der Waals surface area contributed by atoms with Gasteiger partial charge in [0.05, 0.1) is 11.7 Å². The zero-order valence-electron chi connectivity index (χ0n) is 9.49. The molecule has 17 heavy (non-hydrogen) atoms. The number of nitrogens with zero attached hydrogens (tertiary/aromatic N) is 1. The van der Waals surface area contributed by atoms with Crippen LogP contribution in [0.25, 0.3) is 0 Å². The highest BCUT2D eigenvalue weighted by molar-refractivity contribution is 6.32. The number of hydrogen-bond acceptors (Lipinski definition) is 3. The number of aromatic nitrogens is 1. The first-order valence-electron chi connectivity index (χ1n) is 5.77. The van der Waals surface area contributed by atoms with Crippen molar-refractivity contribution in [2.45, 2.75) is 25.4 Å². The molecule has 5 heteroatoms. The molecule has 1 amide bonds. The summed E-state index contributed by atoms with van der Waals surface area (Å²) in [5, 5.41) is 3.06. The maximum atomic E-state index is 11.8. The van der Waals surface area contributed by atoms with Gasteiger partial charge in [0.2, 0.25) is 0 Å². The maximum absolute atomic E-state index is 11.8. The Labute approximate surface area is 105 Å². The molecule has 1 aliphatic rings. The minimum Gasteiger partial charge on any atom is -0.378 e. The fraction of sp³-hybridized carbons (Fsp3) is 0.500. The van der Waals surface area contributed by atoms with E-state index >= 15 is 0 Å². The van der Waals surface area contributed by atoms with E-state index in [0.717, 1.165) is 25.9 Å². The average molecular weight is 255 g/mol. The molecular formula is C12H15ClN2O2. The van der Waals surface area contributed by atoms with E-state index in [-0.39, 0.29) is 11.1 Å². The molecule has 0 saturated carbocycles. The highest BCUT2D eigenvalue weighted by Crippen LogP contribution is 2.15. The molecule has 4 nitrogen and oxygen atoms in total. The van der Waals surface area contributed by atoms with E-state index in [1.54, 1.807) is 18.3 Å². The Hall–Kier alpha value is -1.13. The van der Waals surface area contributed by atoms with Crippen molar-refractivity contribution < 1.29 is 9.53 Å². The first-order valence-corrected chi connectivity index (χ1v) is 6.15. The number of hydrogen-bond donors (Lipinski definition) is 1. The van der Waals surface area contributed by atoms with Gasteiger partial charge in [-0.2, -0.15) is 0 Å². The molecule has 0 spiro atoms. The molecule has 1 aliphatic heterocycles. The second-order valence-corrected chi connectivity index (χ2v) is 4.38. The summed E-state index contributed by atoms with van der Waals surface area (Å²) in [4.78, 5) is 15.6. The summed E-state index contributed by atoms with van der Waals surface area (Å²) in [7, 11) is 0. The molecule has 1 atom stereocenters. The standard InChI is InChI=1S/C12H15ClN2O2/c13-11-10(4-1-6-14-11)12(16)15-7-5-9-3-2-8-17-9/h1,4,6,9H,2-3,5,7-8H2,(H,15,16). The Morgan fingerprint density at radius 3 is 3.24 bits per heavy atom. The zero-order valence-corrected chi connectivity index (χ0v) is 10.2. The van der Waals surface area contributed by atoms with Crippen LogP contribution in [0.15, 0.2) is 18.3 Å². The van der Waals surface area contributed by atoms with Crippen LogP contribution in [0.1, 0.15) is 29.6 Å². The molecule has 92 valence electrons. The molecule has 0 aliphatic carbocycles. The van der Waals surface area contributed by atoms with E-state index < -0.39 is 0 Å². The quantitative estimate of drug-likeness (QED) is 0.837. The van der Waals surface area contributed by atoms with E-state index in [4.69, 9.17) is 16.3 Å². The van der Waals surface area contributed by atoms with Gasteiger partial charge in [-0.1, -0.05) is 11.6 Å². The van der Waals surface area contributed by atoms with E-state index in [1.807, 2.05) is 0 Å². The second kappa shape index (κ2) is 5.98. The molecule has 2 rings (SSSR count). The van der Waals surface area contributed by atoms with Crippen molar-refractivity contribution in [3.05, 3.63) is 29.0 Å². The van der Waals surface area contributed by atoms with Gasteiger partial charge < -0.3 is 10.1 Å². The zero-order chi connectivity index (χ0) is 12.1. The third-order valence-corrected chi connectivity index (χ3v) is 3.08. The van der Waals surface area contributed by atoms with Crippen molar-refractivity contribution in [2.24, 2.45) is 0 Å². The molecule has 1 aromatic heterocycles. The van der Waals surface area contributed by atoms with E-state index in [9.17, 15) is 4.79 Å². The summed E-state index contributed by atoms with van der Waals surface area (Å²) in [5.74, 6) is -0.180. The molecule has 1 saturated heterocycles. The molecule has 1 fully saturated rings. The van der Waals surface area contributed by atoms with E-state index in [2.05, 4.69) is 10.3 Å². The normalized spacial score (nSPS) is 19.2. The Morgan fingerprint density at radius 2 is 2.53 bits per heavy atom. The summed E-state index contributed by atoms with van der Waals surface area (Å²) in [6.07, 6.45) is 4.91. The van der Waals surface area contributed by atoms with Crippen LogP contribution in [0.5, 0.6) is 0 Å². The van der Waals surface area contributed by atoms with Crippen LogP contribution in [0, 0.1) is 0 Å². The number of carbonyl (C=O) groups is 1. The third kappa shape index (κ3) is 3.41. The SMILES string of the molecule is O=C(NCCC1CCCO1)c1cccnc1Cl. The van der Waals surface area contributed by atoms with Crippen LogP contribution >= 0.6 is 11.6 Å². The van der Waals surface area contributed by atoms with Gasteiger partial charge in [-0.15, -0.1) is 0 Å². The lowest BCUT2D eigenvalue weighted by Gasteiger charge is -2.10. The van der Waals surface area contributed by atoms with Crippen molar-refractivity contribution in [3.63, 3.8) is 0 Å². The first-order chi connectivity index (χ1) is 8.27. The summed E-state index contributed by atoms with van der Waals surface area (Å²) in [6, 6.07) is 3.36. The van der Waals surface area contributed by atoms with Crippen LogP contribution in [0.4, 0.5) is 0 Å². The monoisotopic (exact) mass is 254 g/mol. The minimum atomic E-state index is -0.180. The second-order valence-electron chi connectivity index (χ2n) is 4.02. The van der Waals surface area contributed by atoms with Gasteiger partial charge in [0, 0.05) is 19.3 Å². The summed E-state index contributed by atoms with van der Waals surface area (Å²) >= 11 is 5.83. The number of nitrogens with one attached hydrogen (secondary N) is 1. The van der Waals surface area contributed by atoms with Gasteiger partial charge in [-0.05, 0) is 31.4 Å². The molecule has 0 bridgehead atoms. The summed E-state index contributed by atoms with van der Waals surface area (Å²) < 4.78 is 5.47. The Balaban J connectivity index is 1.79. The number of pyridine rings is 1. The highest BCUT2D eigenvalue weighted by Gasteiger charge is 2.16. The fourth-order valence-corrected chi connectivity index (χ4v) is 2.07. The predicted octanol–water partition coefficient (Wildman–Crippen LogP) is 2.03. The summed E-state index contributed by atoms with van der Waals surface area (Å²) in [6.45, 7) is 1.45. The lowest BCUT2D eigenvalue weighted by molar-refractivity contribution is 0.0907. The topological polar surface area (TPSA) is 51.2 Å². The van der Waals surface area contributed by atoms with Crippen LogP contribution in [0.2, 0.25) is 5.15 Å². The van der Waals surface area contributed by atoms with Gasteiger partial charge in [0.1, 0.15) is 5.15 Å². The highest BCUT2D eigenvalue weighted by atomic mass is 35.5. The fourth-order valence-electron chi connectivity index (χ4n) is 1.87. The smallest absolute Gasteiger partial charge is 0.254 e. The lowest BCUT2D eigenvalue weighted by Crippen LogP contribution is -2.27. The first kappa shape index (κ1) is 12.3. The molecule has 1 N–H and O–H groups in total. The predicted molar refractivity (Wildman–Crippen MR) is 65.2 cm³/mol. The van der Waals surface area contributed by atoms with Crippen LogP contribution in [-0.4, -0.2) is 30.1 Å². The average Bonchev–Trinajstić information content (AvgIpc) is 2.82. The number of amides is 1. The van der Waals surface area contributed by atoms with Gasteiger partial charge in [-0.3, -0.25) is 4.79 Å². The number of rotatable bonds is 4. The number of carbonyl (C=O) groups excluding carboxylic acids is 1. The third-order valence-electron chi connectivity index (χ3n) is 2.78. The van der Waals surface area contributed by atoms with Gasteiger partial charge in [0.15, 0.2) is 0 Å².